The van der Waals surface area contributed by atoms with Crippen LogP contribution in [0.4, 0.5) is 0 Å². The molecule has 0 atom stereocenters. The zero-order chi connectivity index (χ0) is 10.9. The Morgan fingerprint density at radius 3 is 1.85 bits per heavy atom. The monoisotopic (exact) mass is 190 g/mol. The highest BCUT2D eigenvalue weighted by Crippen LogP contribution is 1.90. The van der Waals surface area contributed by atoms with Crippen LogP contribution in [-0.2, 0) is 19.1 Å². The molecule has 1 N–H and O–H groups in total. The van der Waals surface area contributed by atoms with Gasteiger partial charge in [0, 0.05) is 20.3 Å². The topological polar surface area (TPSA) is 80.7 Å². The van der Waals surface area contributed by atoms with Crippen molar-refractivity contribution in [3.05, 3.63) is 0 Å². The van der Waals surface area contributed by atoms with Gasteiger partial charge in [-0.3, -0.25) is 14.4 Å². The van der Waals surface area contributed by atoms with Crippen molar-refractivity contribution in [2.45, 2.75) is 33.6 Å². The van der Waals surface area contributed by atoms with Crippen molar-refractivity contribution in [2.24, 2.45) is 0 Å². The number of hydrogen-bond donors (Lipinski definition) is 1. The Labute approximate surface area is 76.7 Å². The van der Waals surface area contributed by atoms with E-state index in [1.165, 1.54) is 6.92 Å². The van der Waals surface area contributed by atoms with Crippen LogP contribution in [0.15, 0.2) is 0 Å². The molecule has 5 nitrogen and oxygen atoms in total. The van der Waals surface area contributed by atoms with E-state index in [1.54, 1.807) is 0 Å². The standard InChI is InChI=1S/C6H10O3.C2H4O2/c1-3-4-6(8)9-5(2)7;1-2(3)4/h3-4H2,1-2H3;1H3,(H,3,4). The van der Waals surface area contributed by atoms with Gasteiger partial charge in [-0.05, 0) is 6.42 Å². The third kappa shape index (κ3) is 25.0. The molecule has 0 spiro atoms. The molecule has 0 aliphatic heterocycles. The molecule has 0 amide bonds. The van der Waals surface area contributed by atoms with E-state index in [0.717, 1.165) is 6.92 Å². The van der Waals surface area contributed by atoms with E-state index < -0.39 is 17.9 Å². The molecule has 0 unspecified atom stereocenters. The van der Waals surface area contributed by atoms with Crippen LogP contribution in [0.3, 0.4) is 0 Å². The van der Waals surface area contributed by atoms with E-state index in [1.807, 2.05) is 6.92 Å². The Balaban J connectivity index is 0. The Bertz CT molecular complexity index is 181. The minimum absolute atomic E-state index is 0.319. The zero-order valence-corrected chi connectivity index (χ0v) is 7.99. The molecule has 0 saturated heterocycles. The molecule has 13 heavy (non-hydrogen) atoms. The second-order valence-corrected chi connectivity index (χ2v) is 2.23. The Kier molecular flexibility index (Phi) is 9.48. The zero-order valence-electron chi connectivity index (χ0n) is 7.99. The van der Waals surface area contributed by atoms with E-state index in [2.05, 4.69) is 4.74 Å². The molecule has 0 heterocycles. The van der Waals surface area contributed by atoms with Gasteiger partial charge in [-0.25, -0.2) is 0 Å². The van der Waals surface area contributed by atoms with Crippen LogP contribution >= 0.6 is 0 Å². The number of ether oxygens (including phenoxy) is 1. The van der Waals surface area contributed by atoms with Crippen molar-refractivity contribution in [3.63, 3.8) is 0 Å². The lowest BCUT2D eigenvalue weighted by molar-refractivity contribution is -0.158. The van der Waals surface area contributed by atoms with Crippen molar-refractivity contribution in [1.29, 1.82) is 0 Å². The Hall–Kier alpha value is -1.39. The van der Waals surface area contributed by atoms with Gasteiger partial charge in [0.2, 0.25) is 0 Å². The highest BCUT2D eigenvalue weighted by molar-refractivity contribution is 5.83. The summed E-state index contributed by atoms with van der Waals surface area (Å²) in [4.78, 5) is 29.5. The predicted molar refractivity (Wildman–Crippen MR) is 45.0 cm³/mol. The summed E-state index contributed by atoms with van der Waals surface area (Å²) in [6, 6.07) is 0. The molecule has 5 heteroatoms. The van der Waals surface area contributed by atoms with Crippen LogP contribution in [0.25, 0.3) is 0 Å². The van der Waals surface area contributed by atoms with Crippen molar-refractivity contribution in [1.82, 2.24) is 0 Å². The molecule has 0 rings (SSSR count). The SMILES string of the molecule is CC(=O)O.CCCC(=O)OC(C)=O. The molecule has 0 aliphatic rings. The summed E-state index contributed by atoms with van der Waals surface area (Å²) in [5, 5.41) is 7.42. The van der Waals surface area contributed by atoms with Gasteiger partial charge in [0.05, 0.1) is 0 Å². The summed E-state index contributed by atoms with van der Waals surface area (Å²) in [5.41, 5.74) is 0. The summed E-state index contributed by atoms with van der Waals surface area (Å²) in [6.07, 6.45) is 1.03. The van der Waals surface area contributed by atoms with E-state index in [0.29, 0.717) is 12.8 Å². The van der Waals surface area contributed by atoms with Gasteiger partial charge in [0.15, 0.2) is 0 Å². The average molecular weight is 190 g/mol. The van der Waals surface area contributed by atoms with Crippen LogP contribution in [-0.4, -0.2) is 23.0 Å². The van der Waals surface area contributed by atoms with E-state index in [9.17, 15) is 9.59 Å². The highest BCUT2D eigenvalue weighted by atomic mass is 16.6. The summed E-state index contributed by atoms with van der Waals surface area (Å²) in [7, 11) is 0. The third-order valence-electron chi connectivity index (χ3n) is 0.712. The first-order valence-electron chi connectivity index (χ1n) is 3.80. The first-order valence-corrected chi connectivity index (χ1v) is 3.80. The molecule has 0 aromatic carbocycles. The lowest BCUT2D eigenvalue weighted by Crippen LogP contribution is -2.07. The minimum atomic E-state index is -0.833. The molecule has 0 fully saturated rings. The summed E-state index contributed by atoms with van der Waals surface area (Å²) >= 11 is 0. The molecular formula is C8H14O5. The maximum atomic E-state index is 10.4. The first-order chi connectivity index (χ1) is 5.90. The normalized spacial score (nSPS) is 7.92. The van der Waals surface area contributed by atoms with Crippen LogP contribution in [0.1, 0.15) is 33.6 Å². The molecular weight excluding hydrogens is 176 g/mol. The van der Waals surface area contributed by atoms with Crippen LogP contribution < -0.4 is 0 Å². The second kappa shape index (κ2) is 8.70. The number of aliphatic carboxylic acids is 1. The molecule has 0 radical (unpaired) electrons. The van der Waals surface area contributed by atoms with Crippen molar-refractivity contribution in [2.75, 3.05) is 0 Å². The average Bonchev–Trinajstić information content (AvgIpc) is 1.83. The minimum Gasteiger partial charge on any atom is -0.481 e. The van der Waals surface area contributed by atoms with Gasteiger partial charge >= 0.3 is 11.9 Å². The molecule has 0 saturated carbocycles. The van der Waals surface area contributed by atoms with E-state index >= 15 is 0 Å². The Morgan fingerprint density at radius 1 is 1.23 bits per heavy atom. The number of carboxylic acids is 1. The van der Waals surface area contributed by atoms with Gasteiger partial charge in [-0.15, -0.1) is 0 Å². The number of rotatable bonds is 2. The maximum Gasteiger partial charge on any atom is 0.313 e. The highest BCUT2D eigenvalue weighted by Gasteiger charge is 2.02. The number of carbonyl (C=O) groups excluding carboxylic acids is 2. The van der Waals surface area contributed by atoms with Crippen LogP contribution in [0, 0.1) is 0 Å². The summed E-state index contributed by atoms with van der Waals surface area (Å²) in [6.45, 7) is 4.15. The van der Waals surface area contributed by atoms with E-state index in [-0.39, 0.29) is 0 Å². The largest absolute Gasteiger partial charge is 0.481 e. The Morgan fingerprint density at radius 2 is 1.62 bits per heavy atom. The fourth-order valence-corrected chi connectivity index (χ4v) is 0.415. The third-order valence-corrected chi connectivity index (χ3v) is 0.712. The fourth-order valence-electron chi connectivity index (χ4n) is 0.415. The number of esters is 2. The van der Waals surface area contributed by atoms with Gasteiger partial charge < -0.3 is 9.84 Å². The summed E-state index contributed by atoms with van der Waals surface area (Å²) in [5.74, 6) is -1.81. The molecule has 0 aromatic rings. The first kappa shape index (κ1) is 14.2. The number of carboxylic acid groups (broad SMARTS) is 1. The number of hydrogen-bond acceptors (Lipinski definition) is 4. The quantitative estimate of drug-likeness (QED) is 0.518. The maximum absolute atomic E-state index is 10.4. The summed E-state index contributed by atoms with van der Waals surface area (Å²) < 4.78 is 4.21. The van der Waals surface area contributed by atoms with Gasteiger partial charge in [-0.2, -0.15) is 0 Å². The van der Waals surface area contributed by atoms with Gasteiger partial charge in [0.25, 0.3) is 5.97 Å². The predicted octanol–water partition coefficient (Wildman–Crippen LogP) is 0.967. The smallest absolute Gasteiger partial charge is 0.313 e. The lowest BCUT2D eigenvalue weighted by atomic mass is 10.3. The van der Waals surface area contributed by atoms with Crippen LogP contribution in [0.2, 0.25) is 0 Å². The van der Waals surface area contributed by atoms with Crippen molar-refractivity contribution < 1.29 is 24.2 Å². The number of carbonyl (C=O) groups is 3. The van der Waals surface area contributed by atoms with Crippen molar-refractivity contribution in [3.8, 4) is 0 Å². The van der Waals surface area contributed by atoms with Gasteiger partial charge in [0.1, 0.15) is 0 Å². The molecule has 76 valence electrons. The molecule has 0 aliphatic carbocycles. The second-order valence-electron chi connectivity index (χ2n) is 2.23. The van der Waals surface area contributed by atoms with Crippen LogP contribution in [0.5, 0.6) is 0 Å². The lowest BCUT2D eigenvalue weighted by Gasteiger charge is -1.94. The van der Waals surface area contributed by atoms with Gasteiger partial charge in [-0.1, -0.05) is 6.92 Å². The molecule has 0 bridgehead atoms. The fraction of sp³-hybridized carbons (Fsp3) is 0.625. The van der Waals surface area contributed by atoms with Crippen molar-refractivity contribution >= 4 is 17.9 Å². The molecule has 0 aromatic heterocycles. The van der Waals surface area contributed by atoms with E-state index in [4.69, 9.17) is 9.90 Å².